The van der Waals surface area contributed by atoms with Gasteiger partial charge in [-0.1, -0.05) is 24.6 Å². The molecule has 0 heterocycles. The van der Waals surface area contributed by atoms with Crippen LogP contribution in [-0.4, -0.2) is 18.6 Å². The molecule has 2 aliphatic rings. The van der Waals surface area contributed by atoms with E-state index < -0.39 is 0 Å². The third kappa shape index (κ3) is 2.56. The van der Waals surface area contributed by atoms with E-state index >= 15 is 0 Å². The first kappa shape index (κ1) is 12.8. The van der Waals surface area contributed by atoms with E-state index in [4.69, 9.17) is 12.2 Å². The molecule has 0 aromatic heterocycles. The van der Waals surface area contributed by atoms with E-state index in [0.717, 1.165) is 37.3 Å². The molecule has 102 valence electrons. The van der Waals surface area contributed by atoms with Crippen LogP contribution in [0.3, 0.4) is 0 Å². The van der Waals surface area contributed by atoms with Crippen molar-refractivity contribution >= 4 is 11.3 Å². The van der Waals surface area contributed by atoms with Gasteiger partial charge in [0.1, 0.15) is 0 Å². The van der Waals surface area contributed by atoms with Crippen LogP contribution in [0, 0.1) is 12.3 Å². The smallest absolute Gasteiger partial charge is 0.0984 e. The van der Waals surface area contributed by atoms with Crippen LogP contribution in [0.4, 0.5) is 5.69 Å². The maximum Gasteiger partial charge on any atom is 0.0984 e. The van der Waals surface area contributed by atoms with Gasteiger partial charge in [-0.05, 0) is 41.7 Å². The molecule has 1 aromatic carbocycles. The van der Waals surface area contributed by atoms with Crippen LogP contribution in [0.5, 0.6) is 0 Å². The van der Waals surface area contributed by atoms with E-state index in [2.05, 4.69) is 35.3 Å². The predicted molar refractivity (Wildman–Crippen MR) is 83.9 cm³/mol. The zero-order chi connectivity index (χ0) is 14.2. The van der Waals surface area contributed by atoms with Gasteiger partial charge in [0.15, 0.2) is 0 Å². The lowest BCUT2D eigenvalue weighted by Gasteiger charge is -2.14. The van der Waals surface area contributed by atoms with Gasteiger partial charge in [0.2, 0.25) is 0 Å². The number of benzene rings is 1. The van der Waals surface area contributed by atoms with Gasteiger partial charge in [0.25, 0.3) is 0 Å². The minimum atomic E-state index is -0.110. The summed E-state index contributed by atoms with van der Waals surface area (Å²) in [5, 5.41) is 6.66. The van der Waals surface area contributed by atoms with Crippen LogP contribution < -0.4 is 16.4 Å². The fraction of sp³-hybridized carbons (Fsp3) is 0.294. The fourth-order valence-corrected chi connectivity index (χ4v) is 2.39. The Balaban J connectivity index is 1.42. The monoisotopic (exact) mass is 265 g/mol. The van der Waals surface area contributed by atoms with Gasteiger partial charge >= 0.3 is 0 Å². The highest BCUT2D eigenvalue weighted by Gasteiger charge is 2.40. The summed E-state index contributed by atoms with van der Waals surface area (Å²) < 4.78 is 0. The molecular formula is C17H19N3. The number of hydrogen-bond donors (Lipinski definition) is 3. The van der Waals surface area contributed by atoms with Crippen molar-refractivity contribution in [3.05, 3.63) is 47.7 Å². The summed E-state index contributed by atoms with van der Waals surface area (Å²) in [6, 6.07) is 6.03. The van der Waals surface area contributed by atoms with Crippen molar-refractivity contribution < 1.29 is 0 Å². The van der Waals surface area contributed by atoms with E-state index in [9.17, 15) is 0 Å². The lowest BCUT2D eigenvalue weighted by molar-refractivity contribution is 0.652. The SMILES string of the molecule is C#CC1(NC(=C)CNC/C=C2/c3ccc(N)cc32)CC1. The molecule has 0 saturated heterocycles. The van der Waals surface area contributed by atoms with Crippen molar-refractivity contribution in [3.8, 4) is 12.3 Å². The highest BCUT2D eigenvalue weighted by Crippen LogP contribution is 2.42. The number of anilines is 1. The molecule has 0 spiro atoms. The third-order valence-electron chi connectivity index (χ3n) is 3.79. The van der Waals surface area contributed by atoms with E-state index in [0.29, 0.717) is 0 Å². The second-order valence-corrected chi connectivity index (χ2v) is 5.51. The summed E-state index contributed by atoms with van der Waals surface area (Å²) in [4.78, 5) is 0. The van der Waals surface area contributed by atoms with Crippen LogP contribution in [0.1, 0.15) is 24.0 Å². The van der Waals surface area contributed by atoms with Gasteiger partial charge in [-0.3, -0.25) is 0 Å². The Morgan fingerprint density at radius 1 is 1.45 bits per heavy atom. The van der Waals surface area contributed by atoms with E-state index in [-0.39, 0.29) is 5.54 Å². The Labute approximate surface area is 119 Å². The number of nitrogen functional groups attached to an aromatic ring is 1. The lowest BCUT2D eigenvalue weighted by Crippen LogP contribution is -2.33. The second kappa shape index (κ2) is 4.73. The Bertz CT molecular complexity index is 630. The predicted octanol–water partition coefficient (Wildman–Crippen LogP) is 1.87. The van der Waals surface area contributed by atoms with Crippen molar-refractivity contribution in [1.82, 2.24) is 10.6 Å². The molecule has 1 aromatic rings. The molecule has 4 N–H and O–H groups in total. The zero-order valence-corrected chi connectivity index (χ0v) is 11.5. The van der Waals surface area contributed by atoms with Crippen LogP contribution in [-0.2, 0) is 0 Å². The zero-order valence-electron chi connectivity index (χ0n) is 11.5. The molecule has 3 nitrogen and oxygen atoms in total. The van der Waals surface area contributed by atoms with Crippen LogP contribution in [0.2, 0.25) is 0 Å². The molecular weight excluding hydrogens is 246 g/mol. The molecule has 0 aliphatic heterocycles. The number of terminal acetylenes is 1. The Kier molecular flexibility index (Phi) is 3.04. The normalized spacial score (nSPS) is 19.1. The molecule has 2 aliphatic carbocycles. The Morgan fingerprint density at radius 3 is 2.90 bits per heavy atom. The maximum atomic E-state index is 5.75. The summed E-state index contributed by atoms with van der Waals surface area (Å²) >= 11 is 0. The summed E-state index contributed by atoms with van der Waals surface area (Å²) in [5.74, 6) is 2.80. The van der Waals surface area contributed by atoms with Crippen molar-refractivity contribution in [2.24, 2.45) is 0 Å². The number of fused-ring (bicyclic) bond motifs is 1. The maximum absolute atomic E-state index is 5.75. The first-order valence-corrected chi connectivity index (χ1v) is 6.88. The molecule has 0 bridgehead atoms. The summed E-state index contributed by atoms with van der Waals surface area (Å²) in [7, 11) is 0. The van der Waals surface area contributed by atoms with Crippen LogP contribution in [0.15, 0.2) is 36.6 Å². The number of hydrogen-bond acceptors (Lipinski definition) is 3. The number of rotatable bonds is 6. The first-order valence-electron chi connectivity index (χ1n) is 6.88. The number of nitrogens with one attached hydrogen (secondary N) is 2. The molecule has 0 unspecified atom stereocenters. The first-order chi connectivity index (χ1) is 9.63. The molecule has 0 atom stereocenters. The highest BCUT2D eigenvalue weighted by atomic mass is 15.0. The average molecular weight is 265 g/mol. The van der Waals surface area contributed by atoms with Crippen LogP contribution in [0.25, 0.3) is 5.57 Å². The second-order valence-electron chi connectivity index (χ2n) is 5.51. The van der Waals surface area contributed by atoms with E-state index in [1.54, 1.807) is 0 Å². The van der Waals surface area contributed by atoms with Gasteiger partial charge in [-0.15, -0.1) is 6.42 Å². The minimum absolute atomic E-state index is 0.110. The summed E-state index contributed by atoms with van der Waals surface area (Å²) in [5.41, 5.74) is 11.3. The topological polar surface area (TPSA) is 50.1 Å². The van der Waals surface area contributed by atoms with Gasteiger partial charge < -0.3 is 16.4 Å². The van der Waals surface area contributed by atoms with E-state index in [1.807, 2.05) is 12.1 Å². The minimum Gasteiger partial charge on any atom is -0.399 e. The molecule has 0 amide bonds. The average Bonchev–Trinajstić information content (AvgIpc) is 3.32. The summed E-state index contributed by atoms with van der Waals surface area (Å²) in [6.07, 6.45) is 9.76. The van der Waals surface area contributed by atoms with Crippen molar-refractivity contribution in [1.29, 1.82) is 0 Å². The van der Waals surface area contributed by atoms with Crippen LogP contribution >= 0.6 is 0 Å². The fourth-order valence-electron chi connectivity index (χ4n) is 2.39. The van der Waals surface area contributed by atoms with Crippen molar-refractivity contribution in [2.75, 3.05) is 18.8 Å². The highest BCUT2D eigenvalue weighted by molar-refractivity contribution is 6.01. The Hall–Kier alpha value is -2.18. The van der Waals surface area contributed by atoms with Crippen molar-refractivity contribution in [2.45, 2.75) is 18.4 Å². The van der Waals surface area contributed by atoms with Gasteiger partial charge in [0.05, 0.1) is 5.54 Å². The third-order valence-corrected chi connectivity index (χ3v) is 3.79. The molecule has 1 saturated carbocycles. The molecule has 3 heteroatoms. The molecule has 20 heavy (non-hydrogen) atoms. The summed E-state index contributed by atoms with van der Waals surface area (Å²) in [6.45, 7) is 5.55. The largest absolute Gasteiger partial charge is 0.399 e. The van der Waals surface area contributed by atoms with Crippen molar-refractivity contribution in [3.63, 3.8) is 0 Å². The Morgan fingerprint density at radius 2 is 2.25 bits per heavy atom. The van der Waals surface area contributed by atoms with Gasteiger partial charge in [0, 0.05) is 24.5 Å². The van der Waals surface area contributed by atoms with Gasteiger partial charge in [-0.2, -0.15) is 0 Å². The number of nitrogens with two attached hydrogens (primary N) is 1. The standard InChI is InChI=1S/C17H19N3/c1-3-17(7-8-17)20-12(2)11-19-9-6-15-14-5-4-13(18)10-16(14)15/h1,4-6,10,19-20H,2,7-9,11,18H2/b15-6-. The molecule has 1 fully saturated rings. The van der Waals surface area contributed by atoms with Gasteiger partial charge in [-0.25, -0.2) is 0 Å². The molecule has 3 rings (SSSR count). The quantitative estimate of drug-likeness (QED) is 0.424. The lowest BCUT2D eigenvalue weighted by atomic mass is 10.2. The molecule has 0 radical (unpaired) electrons. The van der Waals surface area contributed by atoms with E-state index in [1.165, 1.54) is 16.7 Å².